The number of piperidine rings is 1. The minimum Gasteiger partial charge on any atom is -0.369 e. The molecule has 1 N–H and O–H groups in total. The highest BCUT2D eigenvalue weighted by atomic mass is 32.2. The van der Waals surface area contributed by atoms with Crippen LogP contribution in [0, 0.1) is 23.0 Å². The second kappa shape index (κ2) is 9.89. The lowest BCUT2D eigenvalue weighted by atomic mass is 10.0. The number of hydrogen-bond donors (Lipinski definition) is 1. The zero-order valence-electron chi connectivity index (χ0n) is 20.0. The van der Waals surface area contributed by atoms with E-state index >= 15 is 0 Å². The van der Waals surface area contributed by atoms with E-state index in [1.165, 1.54) is 22.5 Å². The number of piperazine rings is 1. The Bertz CT molecular complexity index is 1150. The maximum absolute atomic E-state index is 13.1. The molecule has 2 aromatic carbocycles. The van der Waals surface area contributed by atoms with Crippen LogP contribution in [0.25, 0.3) is 0 Å². The number of nitro groups is 1. The Morgan fingerprint density at radius 3 is 2.29 bits per heavy atom. The first kappa shape index (κ1) is 24.4. The van der Waals surface area contributed by atoms with Gasteiger partial charge in [0.15, 0.2) is 0 Å². The van der Waals surface area contributed by atoms with Gasteiger partial charge in [0.2, 0.25) is 10.0 Å². The molecule has 2 fully saturated rings. The molecule has 2 saturated heterocycles. The van der Waals surface area contributed by atoms with Crippen molar-refractivity contribution in [1.29, 1.82) is 0 Å². The molecule has 0 unspecified atom stereocenters. The quantitative estimate of drug-likeness (QED) is 0.488. The van der Waals surface area contributed by atoms with Gasteiger partial charge in [-0.05, 0) is 68.6 Å². The fourth-order valence-corrected chi connectivity index (χ4v) is 6.08. The number of aryl methyl sites for hydroxylation is 1. The maximum Gasteiger partial charge on any atom is 0.294 e. The van der Waals surface area contributed by atoms with E-state index in [-0.39, 0.29) is 16.3 Å². The Hall–Kier alpha value is -2.69. The molecule has 0 radical (unpaired) electrons. The van der Waals surface area contributed by atoms with Crippen LogP contribution in [-0.2, 0) is 10.0 Å². The van der Waals surface area contributed by atoms with Crippen LogP contribution in [0.4, 0.5) is 22.7 Å². The van der Waals surface area contributed by atoms with Crippen LogP contribution in [0.15, 0.2) is 41.3 Å². The molecular weight excluding hydrogens is 454 g/mol. The van der Waals surface area contributed by atoms with Crippen LogP contribution in [0.2, 0.25) is 0 Å². The molecule has 2 heterocycles. The van der Waals surface area contributed by atoms with E-state index < -0.39 is 14.9 Å². The molecule has 184 valence electrons. The number of rotatable bonds is 6. The van der Waals surface area contributed by atoms with Crippen molar-refractivity contribution in [3.05, 3.63) is 52.1 Å². The van der Waals surface area contributed by atoms with E-state index in [1.54, 1.807) is 0 Å². The molecule has 2 aliphatic heterocycles. The maximum atomic E-state index is 13.1. The third kappa shape index (κ3) is 5.18. The van der Waals surface area contributed by atoms with Gasteiger partial charge < -0.3 is 15.1 Å². The largest absolute Gasteiger partial charge is 0.369 e. The van der Waals surface area contributed by atoms with Crippen molar-refractivity contribution < 1.29 is 13.3 Å². The molecule has 0 amide bonds. The number of nitrogens with one attached hydrogen (secondary N) is 1. The number of nitro benzene ring substituents is 1. The van der Waals surface area contributed by atoms with Gasteiger partial charge >= 0.3 is 0 Å². The highest BCUT2D eigenvalue weighted by Gasteiger charge is 2.30. The van der Waals surface area contributed by atoms with Gasteiger partial charge in [0.25, 0.3) is 5.69 Å². The first-order valence-corrected chi connectivity index (χ1v) is 13.2. The monoisotopic (exact) mass is 487 g/mol. The Labute approximate surface area is 201 Å². The van der Waals surface area contributed by atoms with E-state index in [9.17, 15) is 18.5 Å². The summed E-state index contributed by atoms with van der Waals surface area (Å²) in [5.41, 5.74) is 2.97. The van der Waals surface area contributed by atoms with E-state index in [0.717, 1.165) is 56.0 Å². The minimum atomic E-state index is -3.77. The molecular formula is C24H33N5O4S. The van der Waals surface area contributed by atoms with Gasteiger partial charge in [-0.2, -0.15) is 4.31 Å². The van der Waals surface area contributed by atoms with Gasteiger partial charge in [0, 0.05) is 56.7 Å². The van der Waals surface area contributed by atoms with Crippen molar-refractivity contribution in [3.63, 3.8) is 0 Å². The summed E-state index contributed by atoms with van der Waals surface area (Å²) in [6, 6.07) is 10.0. The van der Waals surface area contributed by atoms with E-state index in [0.29, 0.717) is 19.0 Å². The van der Waals surface area contributed by atoms with Crippen LogP contribution in [0.3, 0.4) is 0 Å². The Kier molecular flexibility index (Phi) is 7.11. The molecule has 2 aromatic rings. The molecule has 0 aromatic heterocycles. The second-order valence-corrected chi connectivity index (χ2v) is 11.4. The van der Waals surface area contributed by atoms with Crippen LogP contribution < -0.4 is 10.2 Å². The van der Waals surface area contributed by atoms with Crippen molar-refractivity contribution in [2.45, 2.75) is 31.6 Å². The summed E-state index contributed by atoms with van der Waals surface area (Å²) in [6.07, 6.45) is 1.59. The van der Waals surface area contributed by atoms with Crippen molar-refractivity contribution >= 4 is 32.8 Å². The van der Waals surface area contributed by atoms with Crippen LogP contribution >= 0.6 is 0 Å². The summed E-state index contributed by atoms with van der Waals surface area (Å²) in [5.74, 6) is 0.485. The Morgan fingerprint density at radius 1 is 1.00 bits per heavy atom. The zero-order chi connectivity index (χ0) is 24.5. The van der Waals surface area contributed by atoms with E-state index in [2.05, 4.69) is 29.1 Å². The average molecular weight is 488 g/mol. The lowest BCUT2D eigenvalue weighted by Crippen LogP contribution is -2.44. The van der Waals surface area contributed by atoms with Gasteiger partial charge in [0.1, 0.15) is 5.69 Å². The number of nitrogens with zero attached hydrogens (tertiary/aromatic N) is 4. The highest BCUT2D eigenvalue weighted by Crippen LogP contribution is 2.33. The molecule has 0 aliphatic carbocycles. The number of hydrogen-bond acceptors (Lipinski definition) is 7. The average Bonchev–Trinajstić information content (AvgIpc) is 2.80. The van der Waals surface area contributed by atoms with Gasteiger partial charge in [-0.1, -0.05) is 6.92 Å². The van der Waals surface area contributed by atoms with E-state index in [4.69, 9.17) is 0 Å². The fourth-order valence-electron chi connectivity index (χ4n) is 4.59. The lowest BCUT2D eigenvalue weighted by molar-refractivity contribution is -0.384. The lowest BCUT2D eigenvalue weighted by Gasteiger charge is -2.35. The summed E-state index contributed by atoms with van der Waals surface area (Å²) in [4.78, 5) is 15.9. The van der Waals surface area contributed by atoms with Crippen molar-refractivity contribution in [1.82, 2.24) is 9.21 Å². The number of likely N-dealkylation sites (N-methyl/N-ethyl adjacent to an activating group) is 1. The molecule has 34 heavy (non-hydrogen) atoms. The fraction of sp³-hybridized carbons (Fsp3) is 0.500. The van der Waals surface area contributed by atoms with E-state index in [1.807, 2.05) is 25.1 Å². The predicted octanol–water partition coefficient (Wildman–Crippen LogP) is 3.82. The smallest absolute Gasteiger partial charge is 0.294 e. The molecule has 0 atom stereocenters. The molecule has 0 spiro atoms. The molecule has 4 rings (SSSR count). The van der Waals surface area contributed by atoms with Crippen LogP contribution in [0.1, 0.15) is 25.3 Å². The molecule has 0 saturated carbocycles. The molecule has 10 heteroatoms. The van der Waals surface area contributed by atoms with Crippen LogP contribution in [-0.4, -0.2) is 68.9 Å². The second-order valence-electron chi connectivity index (χ2n) is 9.44. The molecule has 2 aliphatic rings. The third-order valence-electron chi connectivity index (χ3n) is 6.87. The van der Waals surface area contributed by atoms with Gasteiger partial charge in [-0.15, -0.1) is 0 Å². The van der Waals surface area contributed by atoms with Crippen molar-refractivity contribution in [2.75, 3.05) is 56.5 Å². The molecule has 9 nitrogen and oxygen atoms in total. The van der Waals surface area contributed by atoms with Gasteiger partial charge in [-0.25, -0.2) is 8.42 Å². The number of sulfonamides is 1. The summed E-state index contributed by atoms with van der Waals surface area (Å²) in [5, 5.41) is 14.9. The minimum absolute atomic E-state index is 0.0408. The SMILES string of the molecule is Cc1cc(Nc2ccc(S(=O)(=O)N3CCC(C)CC3)cc2[N+](=O)[O-])ccc1N1CCN(C)CC1. The van der Waals surface area contributed by atoms with Gasteiger partial charge in [-0.3, -0.25) is 10.1 Å². The first-order valence-electron chi connectivity index (χ1n) is 11.7. The zero-order valence-corrected chi connectivity index (χ0v) is 20.8. The summed E-state index contributed by atoms with van der Waals surface area (Å²) >= 11 is 0. The first-order chi connectivity index (χ1) is 16.1. The van der Waals surface area contributed by atoms with Crippen molar-refractivity contribution in [3.8, 4) is 0 Å². The van der Waals surface area contributed by atoms with Crippen molar-refractivity contribution in [2.24, 2.45) is 5.92 Å². The highest BCUT2D eigenvalue weighted by molar-refractivity contribution is 7.89. The third-order valence-corrected chi connectivity index (χ3v) is 8.76. The summed E-state index contributed by atoms with van der Waals surface area (Å²) in [7, 11) is -1.65. The van der Waals surface area contributed by atoms with Crippen LogP contribution in [0.5, 0.6) is 0 Å². The molecule has 0 bridgehead atoms. The number of benzene rings is 2. The van der Waals surface area contributed by atoms with Gasteiger partial charge in [0.05, 0.1) is 9.82 Å². The summed E-state index contributed by atoms with van der Waals surface area (Å²) in [6.45, 7) is 8.96. The topological polar surface area (TPSA) is 99.0 Å². The Balaban J connectivity index is 1.55. The normalized spacial score (nSPS) is 18.7. The Morgan fingerprint density at radius 2 is 1.68 bits per heavy atom. The summed E-state index contributed by atoms with van der Waals surface area (Å²) < 4.78 is 27.6. The number of anilines is 3. The standard InChI is InChI=1S/C24H33N5O4S/c1-18-8-10-28(11-9-18)34(32,33)21-5-6-22(24(17-21)29(30)31)25-20-4-7-23(19(2)16-20)27-14-12-26(3)13-15-27/h4-7,16-18,25H,8-15H2,1-3H3. The predicted molar refractivity (Wildman–Crippen MR) is 134 cm³/mol.